The summed E-state index contributed by atoms with van der Waals surface area (Å²) in [6, 6.07) is 31.7. The summed E-state index contributed by atoms with van der Waals surface area (Å²) in [6.07, 6.45) is 0. The molecule has 0 aliphatic carbocycles. The van der Waals surface area contributed by atoms with Gasteiger partial charge in [-0.05, 0) is 59.0 Å². The molecule has 1 heterocycles. The van der Waals surface area contributed by atoms with Gasteiger partial charge in [0.05, 0.1) is 11.0 Å². The Bertz CT molecular complexity index is 1480. The Morgan fingerprint density at radius 2 is 1.71 bits per heavy atom. The lowest BCUT2D eigenvalue weighted by atomic mass is 10.00. The normalized spacial score (nSPS) is 11.4. The summed E-state index contributed by atoms with van der Waals surface area (Å²) in [6.45, 7) is 5.50. The predicted molar refractivity (Wildman–Crippen MR) is 137 cm³/mol. The Labute approximate surface area is 199 Å². The van der Waals surface area contributed by atoms with E-state index in [0.717, 1.165) is 38.7 Å². The van der Waals surface area contributed by atoms with Crippen LogP contribution >= 0.6 is 0 Å². The third kappa shape index (κ3) is 4.15. The second-order valence-electron chi connectivity index (χ2n) is 8.92. The fraction of sp³-hybridized carbons (Fsp3) is 0.167. The number of hydrogen-bond donors (Lipinski definition) is 1. The molecule has 0 aliphatic heterocycles. The number of aromatic nitrogens is 1. The van der Waals surface area contributed by atoms with E-state index in [1.807, 2.05) is 48.5 Å². The average molecular weight is 448 g/mol. The summed E-state index contributed by atoms with van der Waals surface area (Å²) in [7, 11) is 0. The molecule has 5 rings (SSSR count). The number of hydrogen-bond acceptors (Lipinski definition) is 2. The van der Waals surface area contributed by atoms with Crippen molar-refractivity contribution in [3.63, 3.8) is 0 Å². The average Bonchev–Trinajstić information content (AvgIpc) is 3.16. The van der Waals surface area contributed by atoms with Crippen LogP contribution in [-0.2, 0) is 13.2 Å². The highest BCUT2D eigenvalue weighted by Crippen LogP contribution is 2.34. The van der Waals surface area contributed by atoms with Gasteiger partial charge in [-0.2, -0.15) is 0 Å². The summed E-state index contributed by atoms with van der Waals surface area (Å²) in [4.78, 5) is 12.2. The van der Waals surface area contributed by atoms with Crippen LogP contribution < -0.4 is 10.5 Å². The highest BCUT2D eigenvalue weighted by molar-refractivity contribution is 6.17. The highest BCUT2D eigenvalue weighted by Gasteiger charge is 2.18. The van der Waals surface area contributed by atoms with E-state index >= 15 is 0 Å². The maximum absolute atomic E-state index is 12.2. The van der Waals surface area contributed by atoms with Crippen LogP contribution in [0.1, 0.15) is 46.8 Å². The van der Waals surface area contributed by atoms with Gasteiger partial charge < -0.3 is 15.0 Å². The van der Waals surface area contributed by atoms with Crippen LogP contribution in [0.2, 0.25) is 0 Å². The first-order valence-corrected chi connectivity index (χ1v) is 11.5. The summed E-state index contributed by atoms with van der Waals surface area (Å²) in [5.41, 5.74) is 11.7. The maximum Gasteiger partial charge on any atom is 0.249 e. The molecule has 169 valence electrons. The van der Waals surface area contributed by atoms with Crippen molar-refractivity contribution in [2.45, 2.75) is 32.9 Å². The van der Waals surface area contributed by atoms with Crippen molar-refractivity contribution in [2.75, 3.05) is 0 Å². The first kappa shape index (κ1) is 21.8. The molecule has 1 radical (unpaired) electrons. The number of nitrogens with zero attached hydrogens (tertiary/aromatic N) is 1. The molecule has 0 atom stereocenters. The van der Waals surface area contributed by atoms with Crippen molar-refractivity contribution in [1.82, 2.24) is 4.57 Å². The number of rotatable bonds is 7. The predicted octanol–water partition coefficient (Wildman–Crippen LogP) is 6.44. The SMILES string of the molecule is CC(C)c1c[c]c2c3c(C(N)=O)cccc3n(Cc3cccc(OCc4ccccc4)c3)c2c1. The molecule has 0 aliphatic rings. The maximum atomic E-state index is 12.2. The summed E-state index contributed by atoms with van der Waals surface area (Å²) >= 11 is 0. The fourth-order valence-corrected chi connectivity index (χ4v) is 4.44. The molecule has 0 saturated carbocycles. The van der Waals surface area contributed by atoms with E-state index in [1.165, 1.54) is 5.56 Å². The minimum Gasteiger partial charge on any atom is -0.489 e. The van der Waals surface area contributed by atoms with Crippen LogP contribution in [0.4, 0.5) is 0 Å². The number of amides is 1. The number of nitrogens with two attached hydrogens (primary N) is 1. The molecule has 4 nitrogen and oxygen atoms in total. The van der Waals surface area contributed by atoms with E-state index < -0.39 is 5.91 Å². The molecule has 0 saturated heterocycles. The molecule has 34 heavy (non-hydrogen) atoms. The van der Waals surface area contributed by atoms with Gasteiger partial charge in [-0.1, -0.05) is 68.4 Å². The number of primary amides is 1. The lowest BCUT2D eigenvalue weighted by Gasteiger charge is -2.12. The largest absolute Gasteiger partial charge is 0.489 e. The van der Waals surface area contributed by atoms with Crippen molar-refractivity contribution in [3.05, 3.63) is 113 Å². The molecule has 4 aromatic carbocycles. The second kappa shape index (κ2) is 9.06. The van der Waals surface area contributed by atoms with Crippen LogP contribution in [-0.4, -0.2) is 10.5 Å². The molecule has 1 aromatic heterocycles. The van der Waals surface area contributed by atoms with Gasteiger partial charge >= 0.3 is 0 Å². The second-order valence-corrected chi connectivity index (χ2v) is 8.92. The zero-order chi connectivity index (χ0) is 23.7. The number of fused-ring (bicyclic) bond motifs is 3. The lowest BCUT2D eigenvalue weighted by molar-refractivity contribution is 0.100. The summed E-state index contributed by atoms with van der Waals surface area (Å²) in [5, 5.41) is 1.78. The highest BCUT2D eigenvalue weighted by atomic mass is 16.5. The number of carbonyl (C=O) groups is 1. The molecule has 4 heteroatoms. The smallest absolute Gasteiger partial charge is 0.249 e. The zero-order valence-corrected chi connectivity index (χ0v) is 19.4. The van der Waals surface area contributed by atoms with Crippen molar-refractivity contribution < 1.29 is 9.53 Å². The molecule has 5 aromatic rings. The first-order valence-electron chi connectivity index (χ1n) is 11.5. The minimum atomic E-state index is -0.428. The van der Waals surface area contributed by atoms with E-state index in [9.17, 15) is 4.79 Å². The van der Waals surface area contributed by atoms with Crippen LogP contribution in [0.3, 0.4) is 0 Å². The summed E-state index contributed by atoms with van der Waals surface area (Å²) < 4.78 is 8.30. The van der Waals surface area contributed by atoms with Gasteiger partial charge in [0, 0.05) is 22.9 Å². The Hall–Kier alpha value is -4.05. The van der Waals surface area contributed by atoms with Crippen molar-refractivity contribution in [2.24, 2.45) is 5.73 Å². The molecular weight excluding hydrogens is 420 g/mol. The van der Waals surface area contributed by atoms with Crippen LogP contribution in [0.5, 0.6) is 5.75 Å². The Morgan fingerprint density at radius 1 is 0.941 bits per heavy atom. The van der Waals surface area contributed by atoms with Gasteiger partial charge in [0.25, 0.3) is 0 Å². The number of benzene rings is 4. The third-order valence-corrected chi connectivity index (χ3v) is 6.24. The van der Waals surface area contributed by atoms with Gasteiger partial charge in [-0.3, -0.25) is 4.79 Å². The van der Waals surface area contributed by atoms with E-state index in [1.54, 1.807) is 6.07 Å². The summed E-state index contributed by atoms with van der Waals surface area (Å²) in [5.74, 6) is 0.772. The van der Waals surface area contributed by atoms with Gasteiger partial charge in [0.2, 0.25) is 5.91 Å². The Morgan fingerprint density at radius 3 is 2.47 bits per heavy atom. The van der Waals surface area contributed by atoms with Gasteiger partial charge in [0.1, 0.15) is 12.4 Å². The Kier molecular flexibility index (Phi) is 5.81. The van der Waals surface area contributed by atoms with Crippen molar-refractivity contribution >= 4 is 27.7 Å². The molecule has 0 spiro atoms. The standard InChI is InChI=1S/C30H27N2O2/c1-20(2)23-14-15-25-28(17-23)32(27-13-7-12-26(29(25)27)30(31)33)18-22-10-6-11-24(16-22)34-19-21-8-4-3-5-9-21/h3-14,16-17,20H,18-19H2,1-2H3,(H2,31,33). The van der Waals surface area contributed by atoms with Crippen LogP contribution in [0.15, 0.2) is 84.9 Å². The van der Waals surface area contributed by atoms with Crippen molar-refractivity contribution in [3.8, 4) is 5.75 Å². The van der Waals surface area contributed by atoms with Gasteiger partial charge in [0.15, 0.2) is 0 Å². The lowest BCUT2D eigenvalue weighted by Crippen LogP contribution is -2.11. The van der Waals surface area contributed by atoms with Gasteiger partial charge in [-0.15, -0.1) is 0 Å². The van der Waals surface area contributed by atoms with Crippen molar-refractivity contribution in [1.29, 1.82) is 0 Å². The monoisotopic (exact) mass is 447 g/mol. The van der Waals surface area contributed by atoms with E-state index in [0.29, 0.717) is 24.6 Å². The minimum absolute atomic E-state index is 0.373. The molecular formula is C30H27N2O2. The van der Waals surface area contributed by atoms with Crippen LogP contribution in [0.25, 0.3) is 21.8 Å². The van der Waals surface area contributed by atoms with Gasteiger partial charge in [-0.25, -0.2) is 0 Å². The Balaban J connectivity index is 1.57. The third-order valence-electron chi connectivity index (χ3n) is 6.24. The molecule has 0 fully saturated rings. The fourth-order valence-electron chi connectivity index (χ4n) is 4.44. The topological polar surface area (TPSA) is 57.2 Å². The molecule has 0 unspecified atom stereocenters. The quantitative estimate of drug-likeness (QED) is 0.312. The number of ether oxygens (including phenoxy) is 1. The molecule has 2 N–H and O–H groups in total. The number of carbonyl (C=O) groups excluding carboxylic acids is 1. The first-order chi connectivity index (χ1) is 16.5. The zero-order valence-electron chi connectivity index (χ0n) is 19.4. The molecule has 1 amide bonds. The van der Waals surface area contributed by atoms with E-state index in [-0.39, 0.29) is 0 Å². The van der Waals surface area contributed by atoms with E-state index in [2.05, 4.69) is 54.8 Å². The van der Waals surface area contributed by atoms with Crippen LogP contribution in [0, 0.1) is 6.07 Å². The molecule has 0 bridgehead atoms. The van der Waals surface area contributed by atoms with E-state index in [4.69, 9.17) is 10.5 Å².